The van der Waals surface area contributed by atoms with Crippen LogP contribution in [0.5, 0.6) is 0 Å². The van der Waals surface area contributed by atoms with Gasteiger partial charge in [-0.05, 0) is 37.1 Å². The van der Waals surface area contributed by atoms with E-state index in [1.165, 1.54) is 17.7 Å². The molecule has 2 heterocycles. The lowest BCUT2D eigenvalue weighted by atomic mass is 10.1. The smallest absolute Gasteiger partial charge is 0.193 e. The van der Waals surface area contributed by atoms with E-state index >= 15 is 0 Å². The van der Waals surface area contributed by atoms with Crippen LogP contribution in [-0.2, 0) is 11.3 Å². The first-order chi connectivity index (χ1) is 16.3. The van der Waals surface area contributed by atoms with Gasteiger partial charge in [0.15, 0.2) is 5.96 Å². The lowest BCUT2D eigenvalue weighted by Crippen LogP contribution is -2.47. The number of likely N-dealkylation sites (tertiary alicyclic amines) is 1. The van der Waals surface area contributed by atoms with Crippen molar-refractivity contribution in [2.45, 2.75) is 19.4 Å². The largest absolute Gasteiger partial charge is 0.376 e. The molecule has 4 rings (SSSR count). The summed E-state index contributed by atoms with van der Waals surface area (Å²) < 4.78 is 5.97. The fourth-order valence-corrected chi connectivity index (χ4v) is 4.78. The Balaban J connectivity index is 0.00000324. The quantitative estimate of drug-likeness (QED) is 0.212. The van der Waals surface area contributed by atoms with Gasteiger partial charge in [0.1, 0.15) is 0 Å². The van der Waals surface area contributed by atoms with Gasteiger partial charge in [-0.15, -0.1) is 24.0 Å². The van der Waals surface area contributed by atoms with Crippen LogP contribution >= 0.6 is 24.0 Å². The lowest BCUT2D eigenvalue weighted by molar-refractivity contribution is 0.0906. The summed E-state index contributed by atoms with van der Waals surface area (Å²) in [4.78, 5) is 12.0. The zero-order valence-electron chi connectivity index (χ0n) is 20.4. The molecule has 0 saturated carbocycles. The number of benzene rings is 2. The van der Waals surface area contributed by atoms with Crippen LogP contribution in [0.1, 0.15) is 18.4 Å². The average molecular weight is 578 g/mol. The maximum atomic E-state index is 5.97. The fraction of sp³-hybridized carbons (Fsp3) is 0.519. The minimum atomic E-state index is 0. The van der Waals surface area contributed by atoms with Gasteiger partial charge in [-0.3, -0.25) is 9.89 Å². The highest BCUT2D eigenvalue weighted by molar-refractivity contribution is 14.0. The van der Waals surface area contributed by atoms with Crippen molar-refractivity contribution in [3.8, 4) is 0 Å². The molecule has 7 heteroatoms. The van der Waals surface area contributed by atoms with E-state index in [9.17, 15) is 0 Å². The monoisotopic (exact) mass is 577 g/mol. The Labute approximate surface area is 222 Å². The van der Waals surface area contributed by atoms with E-state index in [2.05, 4.69) is 79.6 Å². The molecule has 2 aromatic rings. The van der Waals surface area contributed by atoms with Crippen molar-refractivity contribution in [1.29, 1.82) is 0 Å². The van der Waals surface area contributed by atoms with Crippen LogP contribution in [0.15, 0.2) is 65.7 Å². The summed E-state index contributed by atoms with van der Waals surface area (Å²) in [7, 11) is 1.89. The molecule has 1 unspecified atom stereocenters. The molecule has 6 nitrogen and oxygen atoms in total. The van der Waals surface area contributed by atoms with E-state index in [0.717, 1.165) is 71.3 Å². The van der Waals surface area contributed by atoms with Crippen molar-refractivity contribution >= 4 is 35.6 Å². The molecule has 0 aliphatic carbocycles. The minimum absolute atomic E-state index is 0. The van der Waals surface area contributed by atoms with Crippen LogP contribution in [-0.4, -0.2) is 81.8 Å². The predicted molar refractivity (Wildman–Crippen MR) is 152 cm³/mol. The summed E-state index contributed by atoms with van der Waals surface area (Å²) in [6.45, 7) is 10.2. The van der Waals surface area contributed by atoms with E-state index in [4.69, 9.17) is 4.74 Å². The number of nitrogens with one attached hydrogen (secondary N) is 1. The van der Waals surface area contributed by atoms with Gasteiger partial charge in [-0.25, -0.2) is 0 Å². The molecule has 2 fully saturated rings. The zero-order chi connectivity index (χ0) is 22.7. The second-order valence-electron chi connectivity index (χ2n) is 9.09. The van der Waals surface area contributed by atoms with Gasteiger partial charge in [-0.2, -0.15) is 0 Å². The topological polar surface area (TPSA) is 43.3 Å². The Hall–Kier alpha value is -1.84. The van der Waals surface area contributed by atoms with Crippen molar-refractivity contribution in [3.63, 3.8) is 0 Å². The molecule has 2 aromatic carbocycles. The Morgan fingerprint density at radius 1 is 0.971 bits per heavy atom. The Morgan fingerprint density at radius 2 is 1.68 bits per heavy atom. The first-order valence-electron chi connectivity index (χ1n) is 12.4. The average Bonchev–Trinajstić information content (AvgIpc) is 3.34. The normalized spacial score (nSPS) is 19.2. The molecule has 2 aliphatic heterocycles. The number of para-hydroxylation sites is 1. The van der Waals surface area contributed by atoms with Crippen LogP contribution in [0.2, 0.25) is 0 Å². The third kappa shape index (κ3) is 8.13. The molecule has 2 aliphatic rings. The second kappa shape index (κ2) is 14.5. The van der Waals surface area contributed by atoms with Gasteiger partial charge in [0.05, 0.1) is 13.2 Å². The van der Waals surface area contributed by atoms with E-state index in [0.29, 0.717) is 12.5 Å². The van der Waals surface area contributed by atoms with Gasteiger partial charge >= 0.3 is 0 Å². The van der Waals surface area contributed by atoms with Gasteiger partial charge in [0.25, 0.3) is 0 Å². The van der Waals surface area contributed by atoms with Crippen LogP contribution < -0.4 is 10.2 Å². The molecular weight excluding hydrogens is 537 g/mol. The number of ether oxygens (including phenoxy) is 1. The van der Waals surface area contributed by atoms with Gasteiger partial charge < -0.3 is 19.9 Å². The number of halogens is 1. The molecule has 0 spiro atoms. The number of hydrogen-bond acceptors (Lipinski definition) is 4. The molecule has 186 valence electrons. The molecule has 34 heavy (non-hydrogen) atoms. The standard InChI is InChI=1S/C27H39N5O.HI/c1-28-27(32-16-13-25(21-32)23-33-22-24-9-4-2-5-10-24)29-14-8-15-30-17-19-31(20-18-30)26-11-6-3-7-12-26;/h2-7,9-12,25H,8,13-23H2,1H3,(H,28,29);1H. The third-order valence-corrected chi connectivity index (χ3v) is 6.69. The highest BCUT2D eigenvalue weighted by atomic mass is 127. The molecule has 1 atom stereocenters. The summed E-state index contributed by atoms with van der Waals surface area (Å²) in [5.41, 5.74) is 2.59. The maximum Gasteiger partial charge on any atom is 0.193 e. The Bertz CT molecular complexity index is 843. The number of nitrogens with zero attached hydrogens (tertiary/aromatic N) is 4. The summed E-state index contributed by atoms with van der Waals surface area (Å²) in [6, 6.07) is 21.2. The highest BCUT2D eigenvalue weighted by Crippen LogP contribution is 2.18. The van der Waals surface area contributed by atoms with Crippen molar-refractivity contribution in [1.82, 2.24) is 15.1 Å². The molecular formula is C27H40IN5O. The second-order valence-corrected chi connectivity index (χ2v) is 9.09. The molecule has 1 N–H and O–H groups in total. The maximum absolute atomic E-state index is 5.97. The number of piperazine rings is 1. The number of guanidine groups is 1. The van der Waals surface area contributed by atoms with E-state index in [-0.39, 0.29) is 24.0 Å². The van der Waals surface area contributed by atoms with Gasteiger partial charge in [0.2, 0.25) is 0 Å². The van der Waals surface area contributed by atoms with E-state index in [1.807, 2.05) is 13.1 Å². The molecule has 0 radical (unpaired) electrons. The van der Waals surface area contributed by atoms with Crippen molar-refractivity contribution in [2.75, 3.05) is 70.9 Å². The number of rotatable bonds is 9. The van der Waals surface area contributed by atoms with Crippen LogP contribution in [0, 0.1) is 5.92 Å². The zero-order valence-corrected chi connectivity index (χ0v) is 22.8. The first kappa shape index (κ1) is 26.8. The number of aliphatic imine (C=N–C) groups is 1. The van der Waals surface area contributed by atoms with Crippen molar-refractivity contribution in [2.24, 2.45) is 10.9 Å². The van der Waals surface area contributed by atoms with E-state index in [1.54, 1.807) is 0 Å². The van der Waals surface area contributed by atoms with Gasteiger partial charge in [0, 0.05) is 64.5 Å². The molecule has 0 bridgehead atoms. The SMILES string of the molecule is CN=C(NCCCN1CCN(c2ccccc2)CC1)N1CCC(COCc2ccccc2)C1.I. The number of hydrogen-bond donors (Lipinski definition) is 1. The van der Waals surface area contributed by atoms with E-state index < -0.39 is 0 Å². The fourth-order valence-electron chi connectivity index (χ4n) is 4.78. The first-order valence-corrected chi connectivity index (χ1v) is 12.4. The summed E-state index contributed by atoms with van der Waals surface area (Å²) in [5.74, 6) is 1.61. The Kier molecular flexibility index (Phi) is 11.4. The predicted octanol–water partition coefficient (Wildman–Crippen LogP) is 3.93. The molecule has 0 amide bonds. The van der Waals surface area contributed by atoms with Gasteiger partial charge in [-0.1, -0.05) is 48.5 Å². The summed E-state index contributed by atoms with van der Waals surface area (Å²) >= 11 is 0. The lowest BCUT2D eigenvalue weighted by Gasteiger charge is -2.36. The van der Waals surface area contributed by atoms with Crippen LogP contribution in [0.3, 0.4) is 0 Å². The summed E-state index contributed by atoms with van der Waals surface area (Å²) in [5, 5.41) is 3.59. The molecule has 0 aromatic heterocycles. The molecule has 2 saturated heterocycles. The Morgan fingerprint density at radius 3 is 2.38 bits per heavy atom. The van der Waals surface area contributed by atoms with Crippen molar-refractivity contribution < 1.29 is 4.74 Å². The third-order valence-electron chi connectivity index (χ3n) is 6.69. The highest BCUT2D eigenvalue weighted by Gasteiger charge is 2.25. The number of anilines is 1. The van der Waals surface area contributed by atoms with Crippen molar-refractivity contribution in [3.05, 3.63) is 66.2 Å². The van der Waals surface area contributed by atoms with Crippen LogP contribution in [0.4, 0.5) is 5.69 Å². The summed E-state index contributed by atoms with van der Waals surface area (Å²) in [6.07, 6.45) is 2.31. The van der Waals surface area contributed by atoms with Crippen LogP contribution in [0.25, 0.3) is 0 Å². The minimum Gasteiger partial charge on any atom is -0.376 e.